The molecule has 0 radical (unpaired) electrons. The molecule has 0 aliphatic carbocycles. The lowest BCUT2D eigenvalue weighted by molar-refractivity contribution is 0.325. The zero-order chi connectivity index (χ0) is 11.4. The van der Waals surface area contributed by atoms with Crippen molar-refractivity contribution in [2.75, 3.05) is 18.2 Å². The van der Waals surface area contributed by atoms with Crippen molar-refractivity contribution in [3.05, 3.63) is 0 Å². The van der Waals surface area contributed by atoms with Crippen LogP contribution in [0.5, 0.6) is 0 Å². The van der Waals surface area contributed by atoms with Gasteiger partial charge in [-0.25, -0.2) is 0 Å². The Balaban J connectivity index is 4.10. The molecule has 0 aliphatic heterocycles. The lowest BCUT2D eigenvalue weighted by atomic mass is 10.6. The summed E-state index contributed by atoms with van der Waals surface area (Å²) in [5.41, 5.74) is 0. The molecular formula is C5H7Cl5O3S. The molecule has 14 heavy (non-hydrogen) atoms. The first-order valence-electron chi connectivity index (χ1n) is 3.30. The van der Waals surface area contributed by atoms with Crippen LogP contribution in [0.2, 0.25) is 0 Å². The Hall–Kier alpha value is 1.36. The van der Waals surface area contributed by atoms with Crippen LogP contribution in [0, 0.1) is 0 Å². The molecule has 1 unspecified atom stereocenters. The van der Waals surface area contributed by atoms with E-state index in [0.717, 1.165) is 0 Å². The van der Waals surface area contributed by atoms with E-state index >= 15 is 0 Å². The highest BCUT2D eigenvalue weighted by Gasteiger charge is 2.25. The third kappa shape index (κ3) is 8.65. The van der Waals surface area contributed by atoms with Gasteiger partial charge in [-0.15, -0.1) is 23.2 Å². The summed E-state index contributed by atoms with van der Waals surface area (Å²) in [4.78, 5) is 0. The molecular weight excluding hydrogens is 317 g/mol. The van der Waals surface area contributed by atoms with E-state index in [1.54, 1.807) is 0 Å². The molecule has 0 N–H and O–H groups in total. The molecule has 0 heterocycles. The Morgan fingerprint density at radius 2 is 1.79 bits per heavy atom. The van der Waals surface area contributed by atoms with Gasteiger partial charge in [-0.05, 0) is 0 Å². The zero-order valence-electron chi connectivity index (χ0n) is 6.72. The standard InChI is InChI=1S/C5H7Cl5O3S/c6-1-4(7)2-14(11,12)13-3-5(8,9)10/h4H,1-3H2. The average Bonchev–Trinajstić information content (AvgIpc) is 1.99. The molecule has 0 aromatic carbocycles. The maximum Gasteiger partial charge on any atom is 0.268 e. The van der Waals surface area contributed by atoms with Gasteiger partial charge in [0.15, 0.2) is 0 Å². The summed E-state index contributed by atoms with van der Waals surface area (Å²) in [5, 5.41) is -0.725. The van der Waals surface area contributed by atoms with E-state index in [9.17, 15) is 8.42 Å². The van der Waals surface area contributed by atoms with E-state index in [0.29, 0.717) is 0 Å². The van der Waals surface area contributed by atoms with Crippen LogP contribution < -0.4 is 0 Å². The van der Waals surface area contributed by atoms with Crippen LogP contribution in [0.3, 0.4) is 0 Å². The predicted molar refractivity (Wildman–Crippen MR) is 60.4 cm³/mol. The number of hydrogen-bond donors (Lipinski definition) is 0. The van der Waals surface area contributed by atoms with Crippen LogP contribution in [-0.4, -0.2) is 35.8 Å². The summed E-state index contributed by atoms with van der Waals surface area (Å²) in [6, 6.07) is 0. The first kappa shape index (κ1) is 15.4. The quantitative estimate of drug-likeness (QED) is 0.576. The fourth-order valence-corrected chi connectivity index (χ4v) is 2.54. The van der Waals surface area contributed by atoms with Gasteiger partial charge in [-0.2, -0.15) is 8.42 Å². The molecule has 1 atom stereocenters. The molecule has 0 bridgehead atoms. The van der Waals surface area contributed by atoms with Gasteiger partial charge in [0.2, 0.25) is 3.79 Å². The Kier molecular flexibility index (Phi) is 6.78. The van der Waals surface area contributed by atoms with Crippen molar-refractivity contribution in [2.45, 2.75) is 9.17 Å². The minimum atomic E-state index is -3.80. The molecule has 0 amide bonds. The SMILES string of the molecule is O=S(=O)(CC(Cl)CCl)OCC(Cl)(Cl)Cl. The van der Waals surface area contributed by atoms with E-state index in [-0.39, 0.29) is 5.88 Å². The van der Waals surface area contributed by atoms with Crippen LogP contribution in [0.4, 0.5) is 0 Å². The second-order valence-corrected chi connectivity index (χ2v) is 7.48. The molecule has 0 fully saturated rings. The summed E-state index contributed by atoms with van der Waals surface area (Å²) >= 11 is 26.7. The van der Waals surface area contributed by atoms with Gasteiger partial charge in [0.1, 0.15) is 6.61 Å². The van der Waals surface area contributed by atoms with E-state index in [1.165, 1.54) is 0 Å². The average molecular weight is 324 g/mol. The fraction of sp³-hybridized carbons (Fsp3) is 1.00. The van der Waals surface area contributed by atoms with Gasteiger partial charge in [0.25, 0.3) is 10.1 Å². The Morgan fingerprint density at radius 1 is 1.29 bits per heavy atom. The Morgan fingerprint density at radius 3 is 2.14 bits per heavy atom. The van der Waals surface area contributed by atoms with Crippen molar-refractivity contribution < 1.29 is 12.6 Å². The van der Waals surface area contributed by atoms with Gasteiger partial charge >= 0.3 is 0 Å². The number of hydrogen-bond acceptors (Lipinski definition) is 3. The molecule has 0 saturated heterocycles. The molecule has 0 saturated carbocycles. The third-order valence-corrected chi connectivity index (χ3v) is 3.59. The second kappa shape index (κ2) is 6.18. The van der Waals surface area contributed by atoms with Crippen molar-refractivity contribution in [1.82, 2.24) is 0 Å². The number of halogens is 5. The highest BCUT2D eigenvalue weighted by molar-refractivity contribution is 7.86. The Bertz CT molecular complexity index is 259. The van der Waals surface area contributed by atoms with E-state index in [1.807, 2.05) is 0 Å². The second-order valence-electron chi connectivity index (χ2n) is 2.35. The largest absolute Gasteiger partial charge is 0.268 e. The monoisotopic (exact) mass is 322 g/mol. The van der Waals surface area contributed by atoms with E-state index in [2.05, 4.69) is 4.18 Å². The first-order chi connectivity index (χ1) is 6.16. The van der Waals surface area contributed by atoms with Gasteiger partial charge < -0.3 is 0 Å². The van der Waals surface area contributed by atoms with Crippen LogP contribution in [0.1, 0.15) is 0 Å². The van der Waals surface area contributed by atoms with Gasteiger partial charge in [0.05, 0.1) is 11.1 Å². The minimum absolute atomic E-state index is 0.00207. The molecule has 0 rings (SSSR count). The molecule has 9 heteroatoms. The first-order valence-corrected chi connectivity index (χ1v) is 6.98. The van der Waals surface area contributed by atoms with Crippen LogP contribution in [0.15, 0.2) is 0 Å². The topological polar surface area (TPSA) is 43.4 Å². The zero-order valence-corrected chi connectivity index (χ0v) is 11.3. The smallest absolute Gasteiger partial charge is 0.266 e. The van der Waals surface area contributed by atoms with E-state index < -0.39 is 31.6 Å². The minimum Gasteiger partial charge on any atom is -0.266 e. The molecule has 86 valence electrons. The molecule has 0 aliphatic rings. The lowest BCUT2D eigenvalue weighted by Gasteiger charge is -2.12. The van der Waals surface area contributed by atoms with Crippen molar-refractivity contribution in [2.24, 2.45) is 0 Å². The molecule has 0 aromatic heterocycles. The molecule has 3 nitrogen and oxygen atoms in total. The van der Waals surface area contributed by atoms with Crippen molar-refractivity contribution in [3.63, 3.8) is 0 Å². The highest BCUT2D eigenvalue weighted by Crippen LogP contribution is 2.26. The van der Waals surface area contributed by atoms with Crippen LogP contribution in [0.25, 0.3) is 0 Å². The molecule has 0 spiro atoms. The van der Waals surface area contributed by atoms with Crippen LogP contribution in [-0.2, 0) is 14.3 Å². The maximum atomic E-state index is 11.1. The normalized spacial score (nSPS) is 15.5. The molecule has 0 aromatic rings. The van der Waals surface area contributed by atoms with Gasteiger partial charge in [-0.3, -0.25) is 4.18 Å². The lowest BCUT2D eigenvalue weighted by Crippen LogP contribution is -2.24. The number of alkyl halides is 5. The van der Waals surface area contributed by atoms with Crippen LogP contribution >= 0.6 is 58.0 Å². The summed E-state index contributed by atoms with van der Waals surface area (Å²) in [6.45, 7) is -0.550. The Labute approximate surface area is 108 Å². The summed E-state index contributed by atoms with van der Waals surface area (Å²) in [5.74, 6) is -0.420. The predicted octanol–water partition coefficient (Wildman–Crippen LogP) is 2.55. The maximum absolute atomic E-state index is 11.1. The summed E-state index contributed by atoms with van der Waals surface area (Å²) < 4.78 is 24.8. The van der Waals surface area contributed by atoms with Crippen molar-refractivity contribution >= 4 is 68.1 Å². The van der Waals surface area contributed by atoms with Gasteiger partial charge in [0, 0.05) is 5.88 Å². The van der Waals surface area contributed by atoms with Crippen molar-refractivity contribution in [3.8, 4) is 0 Å². The highest BCUT2D eigenvalue weighted by atomic mass is 35.6. The van der Waals surface area contributed by atoms with E-state index in [4.69, 9.17) is 58.0 Å². The van der Waals surface area contributed by atoms with Crippen molar-refractivity contribution in [1.29, 1.82) is 0 Å². The number of rotatable bonds is 5. The third-order valence-electron chi connectivity index (χ3n) is 0.955. The summed E-state index contributed by atoms with van der Waals surface area (Å²) in [6.07, 6.45) is 0. The summed E-state index contributed by atoms with van der Waals surface area (Å²) in [7, 11) is -3.80. The van der Waals surface area contributed by atoms with Gasteiger partial charge in [-0.1, -0.05) is 34.8 Å². The fourth-order valence-electron chi connectivity index (χ4n) is 0.471.